The molecule has 0 aliphatic carbocycles. The highest BCUT2D eigenvalue weighted by atomic mass is 31.2. The molecule has 4 heteroatoms. The molecule has 0 bridgehead atoms. The topological polar surface area (TPSA) is 35.5 Å². The van der Waals surface area contributed by atoms with E-state index in [1.807, 2.05) is 18.2 Å². The lowest BCUT2D eigenvalue weighted by Crippen LogP contribution is -2.05. The van der Waals surface area contributed by atoms with Crippen LogP contribution in [-0.2, 0) is 20.0 Å². The van der Waals surface area contributed by atoms with E-state index in [-0.39, 0.29) is 0 Å². The van der Waals surface area contributed by atoms with Gasteiger partial charge in [-0.05, 0) is 24.8 Å². The van der Waals surface area contributed by atoms with Gasteiger partial charge in [0.1, 0.15) is 0 Å². The molecule has 1 aromatic rings. The number of benzene rings is 1. The van der Waals surface area contributed by atoms with Gasteiger partial charge in [0.25, 0.3) is 0 Å². The predicted octanol–water partition coefficient (Wildman–Crippen LogP) is 6.62. The quantitative estimate of drug-likeness (QED) is 0.262. The molecule has 24 heavy (non-hydrogen) atoms. The van der Waals surface area contributed by atoms with Gasteiger partial charge in [-0.25, -0.2) is 0 Å². The first-order chi connectivity index (χ1) is 11.7. The van der Waals surface area contributed by atoms with Crippen LogP contribution in [0.25, 0.3) is 0 Å². The van der Waals surface area contributed by atoms with Gasteiger partial charge in [-0.2, -0.15) is 0 Å². The van der Waals surface area contributed by atoms with Crippen molar-refractivity contribution in [2.24, 2.45) is 0 Å². The Morgan fingerprint density at radius 3 is 2.12 bits per heavy atom. The summed E-state index contributed by atoms with van der Waals surface area (Å²) >= 11 is 0. The minimum Gasteiger partial charge on any atom is -0.309 e. The Bertz CT molecular complexity index is 447. The second-order valence-electron chi connectivity index (χ2n) is 6.36. The standard InChI is InChI=1S/C20H35O3P/c1-3-5-7-8-9-13-17-22-24(21,19-6-4-2)23-18-16-20-14-11-10-12-15-20/h10-12,14-15H,3-9,13,16-19H2,1-2H3. The van der Waals surface area contributed by atoms with Crippen LogP contribution in [0, 0.1) is 0 Å². The van der Waals surface area contributed by atoms with Crippen LogP contribution in [0.1, 0.15) is 70.8 Å². The van der Waals surface area contributed by atoms with E-state index in [0.29, 0.717) is 19.4 Å². The summed E-state index contributed by atoms with van der Waals surface area (Å²) in [6.45, 7) is 5.34. The molecule has 0 N–H and O–H groups in total. The molecule has 1 rings (SSSR count). The average molecular weight is 354 g/mol. The third-order valence-corrected chi connectivity index (χ3v) is 6.11. The first-order valence-corrected chi connectivity index (χ1v) is 11.3. The Hall–Kier alpha value is -0.630. The molecule has 0 amide bonds. The molecule has 1 aromatic carbocycles. The van der Waals surface area contributed by atoms with Crippen molar-refractivity contribution < 1.29 is 13.6 Å². The number of hydrogen-bond donors (Lipinski definition) is 0. The molecule has 0 aliphatic heterocycles. The van der Waals surface area contributed by atoms with Gasteiger partial charge in [-0.3, -0.25) is 4.57 Å². The number of unbranched alkanes of at least 4 members (excludes halogenated alkanes) is 6. The summed E-state index contributed by atoms with van der Waals surface area (Å²) in [5.41, 5.74) is 1.20. The lowest BCUT2D eigenvalue weighted by molar-refractivity contribution is 0.202. The van der Waals surface area contributed by atoms with Gasteiger partial charge in [0.2, 0.25) is 0 Å². The molecule has 1 atom stereocenters. The fraction of sp³-hybridized carbons (Fsp3) is 0.700. The largest absolute Gasteiger partial charge is 0.330 e. The number of rotatable bonds is 15. The maximum Gasteiger partial charge on any atom is 0.330 e. The molecule has 3 nitrogen and oxygen atoms in total. The Morgan fingerprint density at radius 2 is 1.42 bits per heavy atom. The third-order valence-electron chi connectivity index (χ3n) is 4.09. The molecule has 0 heterocycles. The first kappa shape index (κ1) is 21.4. The summed E-state index contributed by atoms with van der Waals surface area (Å²) in [7, 11) is -2.93. The normalized spacial score (nSPS) is 13.8. The maximum absolute atomic E-state index is 12.9. The summed E-state index contributed by atoms with van der Waals surface area (Å²) in [6, 6.07) is 10.2. The highest BCUT2D eigenvalue weighted by Gasteiger charge is 2.23. The average Bonchev–Trinajstić information content (AvgIpc) is 2.60. The van der Waals surface area contributed by atoms with Gasteiger partial charge in [0.05, 0.1) is 19.4 Å². The molecule has 0 aliphatic rings. The zero-order valence-corrected chi connectivity index (χ0v) is 16.4. The zero-order chi connectivity index (χ0) is 17.5. The fourth-order valence-corrected chi connectivity index (χ4v) is 4.36. The maximum atomic E-state index is 12.9. The molecule has 0 saturated carbocycles. The minimum absolute atomic E-state index is 0.460. The van der Waals surface area contributed by atoms with Gasteiger partial charge >= 0.3 is 7.60 Å². The third kappa shape index (κ3) is 10.3. The lowest BCUT2D eigenvalue weighted by atomic mass is 10.1. The second kappa shape index (κ2) is 13.6. The van der Waals surface area contributed by atoms with Crippen molar-refractivity contribution in [3.63, 3.8) is 0 Å². The molecule has 0 fully saturated rings. The van der Waals surface area contributed by atoms with Gasteiger partial charge in [-0.1, -0.05) is 82.7 Å². The van der Waals surface area contributed by atoms with Crippen molar-refractivity contribution in [3.05, 3.63) is 35.9 Å². The molecule has 138 valence electrons. The van der Waals surface area contributed by atoms with E-state index in [9.17, 15) is 4.57 Å². The number of hydrogen-bond acceptors (Lipinski definition) is 3. The molecular weight excluding hydrogens is 319 g/mol. The van der Waals surface area contributed by atoms with Gasteiger partial charge < -0.3 is 9.05 Å². The SMILES string of the molecule is CCCCCCCCOP(=O)(CCCC)OCCc1ccccc1. The summed E-state index contributed by atoms with van der Waals surface area (Å²) in [6.07, 6.45) is 10.4. The zero-order valence-electron chi connectivity index (χ0n) is 15.5. The smallest absolute Gasteiger partial charge is 0.309 e. The predicted molar refractivity (Wildman–Crippen MR) is 103 cm³/mol. The van der Waals surface area contributed by atoms with E-state index in [4.69, 9.17) is 9.05 Å². The van der Waals surface area contributed by atoms with E-state index in [0.717, 1.165) is 32.1 Å². The summed E-state index contributed by atoms with van der Waals surface area (Å²) in [5.74, 6) is 0. The van der Waals surface area contributed by atoms with E-state index in [1.165, 1.54) is 31.2 Å². The molecule has 0 aromatic heterocycles. The Morgan fingerprint density at radius 1 is 0.792 bits per heavy atom. The highest BCUT2D eigenvalue weighted by molar-refractivity contribution is 7.53. The highest BCUT2D eigenvalue weighted by Crippen LogP contribution is 2.49. The van der Waals surface area contributed by atoms with Crippen LogP contribution < -0.4 is 0 Å². The van der Waals surface area contributed by atoms with Gasteiger partial charge in [-0.15, -0.1) is 0 Å². The Labute approximate surface area is 148 Å². The Balaban J connectivity index is 2.28. The van der Waals surface area contributed by atoms with Crippen LogP contribution in [0.3, 0.4) is 0 Å². The van der Waals surface area contributed by atoms with Crippen molar-refractivity contribution in [2.45, 2.75) is 71.6 Å². The molecule has 0 spiro atoms. The fourth-order valence-electron chi connectivity index (χ4n) is 2.55. The van der Waals surface area contributed by atoms with E-state index in [1.54, 1.807) is 0 Å². The van der Waals surface area contributed by atoms with Crippen molar-refractivity contribution in [3.8, 4) is 0 Å². The van der Waals surface area contributed by atoms with Crippen LogP contribution in [0.4, 0.5) is 0 Å². The van der Waals surface area contributed by atoms with Crippen molar-refractivity contribution >= 4 is 7.60 Å². The molecular formula is C20H35O3P. The van der Waals surface area contributed by atoms with Crippen LogP contribution in [0.15, 0.2) is 30.3 Å². The summed E-state index contributed by atoms with van der Waals surface area (Å²) in [4.78, 5) is 0. The van der Waals surface area contributed by atoms with Gasteiger partial charge in [0, 0.05) is 0 Å². The van der Waals surface area contributed by atoms with Crippen LogP contribution in [-0.4, -0.2) is 19.4 Å². The molecule has 0 radical (unpaired) electrons. The van der Waals surface area contributed by atoms with Crippen LogP contribution >= 0.6 is 7.60 Å². The first-order valence-electron chi connectivity index (χ1n) is 9.62. The summed E-state index contributed by atoms with van der Waals surface area (Å²) in [5, 5.41) is 0. The lowest BCUT2D eigenvalue weighted by Gasteiger charge is -2.18. The molecule has 0 saturated heterocycles. The van der Waals surface area contributed by atoms with E-state index >= 15 is 0 Å². The van der Waals surface area contributed by atoms with Crippen molar-refractivity contribution in [2.75, 3.05) is 19.4 Å². The minimum atomic E-state index is -2.93. The molecule has 1 unspecified atom stereocenters. The monoisotopic (exact) mass is 354 g/mol. The van der Waals surface area contributed by atoms with E-state index in [2.05, 4.69) is 26.0 Å². The van der Waals surface area contributed by atoms with Gasteiger partial charge in [0.15, 0.2) is 0 Å². The van der Waals surface area contributed by atoms with Crippen LogP contribution in [0.5, 0.6) is 0 Å². The second-order valence-corrected chi connectivity index (χ2v) is 8.54. The van der Waals surface area contributed by atoms with E-state index < -0.39 is 7.60 Å². The Kier molecular flexibility index (Phi) is 12.2. The van der Waals surface area contributed by atoms with Crippen molar-refractivity contribution in [1.82, 2.24) is 0 Å². The van der Waals surface area contributed by atoms with Crippen LogP contribution in [0.2, 0.25) is 0 Å². The summed E-state index contributed by atoms with van der Waals surface area (Å²) < 4.78 is 24.3. The van der Waals surface area contributed by atoms with Crippen molar-refractivity contribution in [1.29, 1.82) is 0 Å².